The molecule has 1 N–H and O–H groups in total. The van der Waals surface area contributed by atoms with Gasteiger partial charge in [-0.1, -0.05) is 0 Å². The van der Waals surface area contributed by atoms with Crippen molar-refractivity contribution >= 4 is 79.6 Å². The van der Waals surface area contributed by atoms with Gasteiger partial charge < -0.3 is 10.1 Å². The number of halogens is 3. The van der Waals surface area contributed by atoms with Gasteiger partial charge in [-0.3, -0.25) is 4.79 Å². The molecule has 0 aliphatic carbocycles. The molecule has 1 aromatic rings. The lowest BCUT2D eigenvalue weighted by atomic mass is 10.2. The zero-order valence-electron chi connectivity index (χ0n) is 9.59. The van der Waals surface area contributed by atoms with E-state index < -0.39 is 12.0 Å². The molecular weight excluding hydrogens is 575 g/mol. The number of nitrogens with one attached hydrogen (secondary N) is 1. The van der Waals surface area contributed by atoms with Crippen molar-refractivity contribution in [2.24, 2.45) is 0 Å². The van der Waals surface area contributed by atoms with Crippen LogP contribution in [0, 0.1) is 10.7 Å². The van der Waals surface area contributed by atoms with E-state index in [4.69, 9.17) is 0 Å². The van der Waals surface area contributed by atoms with Crippen molar-refractivity contribution in [3.8, 4) is 0 Å². The monoisotopic (exact) mass is 585 g/mol. The summed E-state index contributed by atoms with van der Waals surface area (Å²) in [7, 11) is 1.29. The Morgan fingerprint density at radius 3 is 2.44 bits per heavy atom. The summed E-state index contributed by atoms with van der Waals surface area (Å²) in [6, 6.07) is 3.13. The molecule has 0 aliphatic heterocycles. The molecule has 4 nitrogen and oxygen atoms in total. The maximum Gasteiger partial charge on any atom is 0.328 e. The summed E-state index contributed by atoms with van der Waals surface area (Å²) in [5, 5.41) is 2.62. The SMILES string of the molecule is COC(=O)[C@H](C)NC(=O)c1cc(I)cc(I)c1I. The quantitative estimate of drug-likeness (QED) is 0.338. The largest absolute Gasteiger partial charge is 0.467 e. The van der Waals surface area contributed by atoms with E-state index in [9.17, 15) is 9.59 Å². The minimum Gasteiger partial charge on any atom is -0.467 e. The zero-order valence-corrected chi connectivity index (χ0v) is 16.1. The zero-order chi connectivity index (χ0) is 13.9. The van der Waals surface area contributed by atoms with Gasteiger partial charge in [-0.05, 0) is 86.8 Å². The molecule has 0 unspecified atom stereocenters. The van der Waals surface area contributed by atoms with Gasteiger partial charge in [-0.15, -0.1) is 0 Å². The summed E-state index contributed by atoms with van der Waals surface area (Å²) in [4.78, 5) is 23.3. The van der Waals surface area contributed by atoms with Crippen LogP contribution in [0.25, 0.3) is 0 Å². The second-order valence-electron chi connectivity index (χ2n) is 3.47. The van der Waals surface area contributed by atoms with Crippen LogP contribution in [0.5, 0.6) is 0 Å². The maximum absolute atomic E-state index is 12.1. The van der Waals surface area contributed by atoms with Crippen LogP contribution in [0.1, 0.15) is 17.3 Å². The highest BCUT2D eigenvalue weighted by Gasteiger charge is 2.19. The smallest absolute Gasteiger partial charge is 0.328 e. The third-order valence-corrected chi connectivity index (χ3v) is 5.81. The molecule has 0 spiro atoms. The van der Waals surface area contributed by atoms with Crippen molar-refractivity contribution in [3.63, 3.8) is 0 Å². The highest BCUT2D eigenvalue weighted by Crippen LogP contribution is 2.22. The molecule has 0 saturated heterocycles. The van der Waals surface area contributed by atoms with Crippen molar-refractivity contribution < 1.29 is 14.3 Å². The second kappa shape index (κ2) is 7.22. The van der Waals surface area contributed by atoms with Crippen molar-refractivity contribution in [2.45, 2.75) is 13.0 Å². The molecule has 0 aliphatic rings. The highest BCUT2D eigenvalue weighted by molar-refractivity contribution is 14.1. The van der Waals surface area contributed by atoms with Gasteiger partial charge in [0.05, 0.1) is 12.7 Å². The Labute approximate surface area is 146 Å². The second-order valence-corrected chi connectivity index (χ2v) is 6.95. The number of rotatable bonds is 3. The van der Waals surface area contributed by atoms with E-state index in [0.29, 0.717) is 5.56 Å². The molecule has 1 amide bonds. The predicted molar refractivity (Wildman–Crippen MR) is 93.5 cm³/mol. The van der Waals surface area contributed by atoms with Crippen LogP contribution in [0.3, 0.4) is 0 Å². The lowest BCUT2D eigenvalue weighted by Crippen LogP contribution is -2.39. The van der Waals surface area contributed by atoms with Crippen molar-refractivity contribution in [1.29, 1.82) is 0 Å². The normalized spacial score (nSPS) is 11.8. The van der Waals surface area contributed by atoms with Crippen LogP contribution in [-0.4, -0.2) is 25.0 Å². The number of ether oxygens (including phenoxy) is 1. The van der Waals surface area contributed by atoms with Crippen LogP contribution in [0.2, 0.25) is 0 Å². The van der Waals surface area contributed by atoms with Crippen LogP contribution >= 0.6 is 67.8 Å². The standard InChI is InChI=1S/C11H10I3NO3/c1-5(11(17)18-2)15-10(16)7-3-6(12)4-8(13)9(7)14/h3-5H,1-2H3,(H,15,16)/t5-/m0/s1. The molecule has 1 aromatic carbocycles. The van der Waals surface area contributed by atoms with E-state index in [1.165, 1.54) is 7.11 Å². The first-order valence-corrected chi connectivity index (χ1v) is 8.13. The summed E-state index contributed by atoms with van der Waals surface area (Å²) in [6.07, 6.45) is 0. The van der Waals surface area contributed by atoms with Crippen LogP contribution in [-0.2, 0) is 9.53 Å². The third-order valence-electron chi connectivity index (χ3n) is 2.14. The predicted octanol–water partition coefficient (Wildman–Crippen LogP) is 2.79. The Hall–Kier alpha value is 0.350. The highest BCUT2D eigenvalue weighted by atomic mass is 127. The van der Waals surface area contributed by atoms with Crippen LogP contribution in [0.15, 0.2) is 12.1 Å². The van der Waals surface area contributed by atoms with Gasteiger partial charge in [0.1, 0.15) is 6.04 Å². The summed E-state index contributed by atoms with van der Waals surface area (Å²) in [6.45, 7) is 1.59. The summed E-state index contributed by atoms with van der Waals surface area (Å²) in [5.74, 6) is -0.729. The van der Waals surface area contributed by atoms with Crippen LogP contribution < -0.4 is 5.32 Å². The maximum atomic E-state index is 12.1. The summed E-state index contributed by atoms with van der Waals surface area (Å²) >= 11 is 6.46. The van der Waals surface area contributed by atoms with E-state index in [0.717, 1.165) is 10.7 Å². The first-order valence-electron chi connectivity index (χ1n) is 4.90. The van der Waals surface area contributed by atoms with E-state index in [-0.39, 0.29) is 5.91 Å². The van der Waals surface area contributed by atoms with Crippen molar-refractivity contribution in [2.75, 3.05) is 7.11 Å². The fraction of sp³-hybridized carbons (Fsp3) is 0.273. The summed E-state index contributed by atoms with van der Waals surface area (Å²) in [5.41, 5.74) is 0.572. The van der Waals surface area contributed by atoms with Gasteiger partial charge >= 0.3 is 5.97 Å². The van der Waals surface area contributed by atoms with Gasteiger partial charge in [0.2, 0.25) is 0 Å². The molecule has 1 atom stereocenters. The number of amides is 1. The Morgan fingerprint density at radius 1 is 1.28 bits per heavy atom. The minimum atomic E-state index is -0.658. The summed E-state index contributed by atoms with van der Waals surface area (Å²) < 4.78 is 7.44. The van der Waals surface area contributed by atoms with Gasteiger partial charge in [-0.2, -0.15) is 0 Å². The average molecular weight is 585 g/mol. The molecule has 0 saturated carbocycles. The number of esters is 1. The van der Waals surface area contributed by atoms with Crippen molar-refractivity contribution in [3.05, 3.63) is 28.4 Å². The van der Waals surface area contributed by atoms with E-state index >= 15 is 0 Å². The van der Waals surface area contributed by atoms with Gasteiger partial charge in [0.25, 0.3) is 5.91 Å². The average Bonchev–Trinajstić information content (AvgIpc) is 2.32. The molecule has 0 radical (unpaired) electrons. The first kappa shape index (κ1) is 16.4. The van der Waals surface area contributed by atoms with E-state index in [1.54, 1.807) is 13.0 Å². The molecule has 0 heterocycles. The Bertz CT molecular complexity index is 491. The number of hydrogen-bond acceptors (Lipinski definition) is 3. The van der Waals surface area contributed by atoms with Crippen LogP contribution in [0.4, 0.5) is 0 Å². The van der Waals surface area contributed by atoms with Crippen molar-refractivity contribution in [1.82, 2.24) is 5.32 Å². The molecule has 0 aromatic heterocycles. The molecule has 98 valence electrons. The number of methoxy groups -OCH3 is 1. The third kappa shape index (κ3) is 4.18. The van der Waals surface area contributed by atoms with Gasteiger partial charge in [0, 0.05) is 10.7 Å². The molecule has 0 bridgehead atoms. The number of hydrogen-bond donors (Lipinski definition) is 1. The molecule has 18 heavy (non-hydrogen) atoms. The molecule has 1 rings (SSSR count). The molecular formula is C11H10I3NO3. The molecule has 0 fully saturated rings. The van der Waals surface area contributed by atoms with Gasteiger partial charge in [-0.25, -0.2) is 4.79 Å². The van der Waals surface area contributed by atoms with Gasteiger partial charge in [0.15, 0.2) is 0 Å². The Kier molecular flexibility index (Phi) is 6.58. The number of benzene rings is 1. The number of carbonyl (C=O) groups is 2. The van der Waals surface area contributed by atoms with E-state index in [2.05, 4.69) is 77.8 Å². The first-order chi connectivity index (χ1) is 8.36. The Balaban J connectivity index is 2.95. The fourth-order valence-corrected chi connectivity index (χ4v) is 3.63. The fourth-order valence-electron chi connectivity index (χ4n) is 1.23. The lowest BCUT2D eigenvalue weighted by molar-refractivity contribution is -0.142. The number of carbonyl (C=O) groups excluding carboxylic acids is 2. The Morgan fingerprint density at radius 2 is 1.89 bits per heavy atom. The molecule has 7 heteroatoms. The minimum absolute atomic E-state index is 0.270. The lowest BCUT2D eigenvalue weighted by Gasteiger charge is -2.13. The topological polar surface area (TPSA) is 55.4 Å². The van der Waals surface area contributed by atoms with E-state index in [1.807, 2.05) is 6.07 Å².